The first-order chi connectivity index (χ1) is 10.9. The van der Waals surface area contributed by atoms with Crippen LogP contribution in [0.5, 0.6) is 0 Å². The van der Waals surface area contributed by atoms with Crippen molar-refractivity contribution in [1.29, 1.82) is 0 Å². The van der Waals surface area contributed by atoms with Gasteiger partial charge in [0.15, 0.2) is 6.23 Å². The number of aromatic nitrogens is 3. The van der Waals surface area contributed by atoms with Crippen LogP contribution < -0.4 is 5.73 Å². The number of hydrogen-bond acceptors (Lipinski definition) is 7. The van der Waals surface area contributed by atoms with Gasteiger partial charge in [0.05, 0.1) is 17.1 Å². The quantitative estimate of drug-likeness (QED) is 0.556. The highest BCUT2D eigenvalue weighted by atomic mass is 16.6. The second kappa shape index (κ2) is 5.47. The van der Waals surface area contributed by atoms with Gasteiger partial charge in [-0.15, -0.1) is 6.42 Å². The van der Waals surface area contributed by atoms with Gasteiger partial charge in [-0.3, -0.25) is 0 Å². The van der Waals surface area contributed by atoms with Gasteiger partial charge in [-0.05, 0) is 13.3 Å². The Morgan fingerprint density at radius 2 is 2.26 bits per heavy atom. The molecule has 1 aliphatic heterocycles. The highest BCUT2D eigenvalue weighted by Crippen LogP contribution is 2.41. The van der Waals surface area contributed by atoms with E-state index in [1.165, 1.54) is 13.3 Å². The maximum atomic E-state index is 10.7. The minimum atomic E-state index is -1.59. The molecule has 0 spiro atoms. The molecule has 3 unspecified atom stereocenters. The second-order valence-corrected chi connectivity index (χ2v) is 5.76. The van der Waals surface area contributed by atoms with Gasteiger partial charge >= 0.3 is 0 Å². The summed E-state index contributed by atoms with van der Waals surface area (Å²) in [5.74, 6) is 2.74. The summed E-state index contributed by atoms with van der Waals surface area (Å²) < 4.78 is 7.30. The molecule has 0 amide bonds. The van der Waals surface area contributed by atoms with Crippen molar-refractivity contribution in [3.63, 3.8) is 0 Å². The van der Waals surface area contributed by atoms with Crippen LogP contribution in [0.4, 0.5) is 5.82 Å². The summed E-state index contributed by atoms with van der Waals surface area (Å²) >= 11 is 0. The van der Waals surface area contributed by atoms with Gasteiger partial charge in [0.25, 0.3) is 0 Å². The molecular weight excluding hydrogens is 300 g/mol. The van der Waals surface area contributed by atoms with Crippen LogP contribution in [-0.2, 0) is 4.74 Å². The summed E-state index contributed by atoms with van der Waals surface area (Å²) in [5.41, 5.74) is 5.16. The van der Waals surface area contributed by atoms with Crippen LogP contribution in [-0.4, -0.2) is 54.3 Å². The normalized spacial score (nSPS) is 30.7. The predicted molar refractivity (Wildman–Crippen MR) is 82.1 cm³/mol. The molecule has 0 saturated carbocycles. The molecule has 3 heterocycles. The number of fused-ring (bicyclic) bond motifs is 1. The highest BCUT2D eigenvalue weighted by molar-refractivity contribution is 5.92. The van der Waals surface area contributed by atoms with Crippen molar-refractivity contribution in [1.82, 2.24) is 14.5 Å². The van der Waals surface area contributed by atoms with Gasteiger partial charge in [-0.25, -0.2) is 9.97 Å². The average molecular weight is 318 g/mol. The monoisotopic (exact) mass is 318 g/mol. The van der Waals surface area contributed by atoms with Crippen molar-refractivity contribution >= 4 is 16.9 Å². The van der Waals surface area contributed by atoms with E-state index in [1.54, 1.807) is 10.8 Å². The fourth-order valence-electron chi connectivity index (χ4n) is 3.00. The van der Waals surface area contributed by atoms with Crippen LogP contribution in [0.25, 0.3) is 11.0 Å². The lowest BCUT2D eigenvalue weighted by molar-refractivity contribution is -0.0941. The van der Waals surface area contributed by atoms with E-state index in [0.717, 1.165) is 0 Å². The summed E-state index contributed by atoms with van der Waals surface area (Å²) in [6.45, 7) is 1.30. The van der Waals surface area contributed by atoms with Crippen LogP contribution in [0.3, 0.4) is 0 Å². The Labute approximate surface area is 132 Å². The number of anilines is 1. The smallest absolute Gasteiger partial charge is 0.166 e. The van der Waals surface area contributed by atoms with Crippen molar-refractivity contribution in [3.8, 4) is 12.3 Å². The lowest BCUT2D eigenvalue weighted by atomic mass is 9.95. The van der Waals surface area contributed by atoms with E-state index in [9.17, 15) is 10.2 Å². The van der Waals surface area contributed by atoms with Crippen LogP contribution in [0.2, 0.25) is 0 Å². The minimum absolute atomic E-state index is 0.165. The number of nitrogen functional groups attached to an aromatic ring is 1. The van der Waals surface area contributed by atoms with Gasteiger partial charge in [0.2, 0.25) is 0 Å². The first kappa shape index (κ1) is 15.7. The fourth-order valence-corrected chi connectivity index (χ4v) is 3.00. The minimum Gasteiger partial charge on any atom is -0.396 e. The van der Waals surface area contributed by atoms with E-state index in [4.69, 9.17) is 22.0 Å². The number of nitrogens with zero attached hydrogens (tertiary/aromatic N) is 3. The molecule has 23 heavy (non-hydrogen) atoms. The van der Waals surface area contributed by atoms with Gasteiger partial charge in [0, 0.05) is 12.8 Å². The molecule has 8 heteroatoms. The molecule has 8 nitrogen and oxygen atoms in total. The Hall–Kier alpha value is -2.18. The SMILES string of the molecule is C#Cc1cn(C2OC(CCO)C(O)[C@@]2(C)O)c2ncnc(N)c12. The predicted octanol–water partition coefficient (Wildman–Crippen LogP) is -0.613. The Kier molecular flexibility index (Phi) is 3.74. The zero-order valence-electron chi connectivity index (χ0n) is 12.5. The lowest BCUT2D eigenvalue weighted by Crippen LogP contribution is -2.43. The number of ether oxygens (including phenoxy) is 1. The third-order valence-electron chi connectivity index (χ3n) is 4.22. The van der Waals surface area contributed by atoms with Crippen molar-refractivity contribution in [2.75, 3.05) is 12.3 Å². The third kappa shape index (κ3) is 2.26. The zero-order chi connectivity index (χ0) is 16.8. The van der Waals surface area contributed by atoms with Crippen molar-refractivity contribution in [2.45, 2.75) is 37.4 Å². The number of aliphatic hydroxyl groups is 3. The molecule has 3 rings (SSSR count). The van der Waals surface area contributed by atoms with Crippen LogP contribution in [0.15, 0.2) is 12.5 Å². The summed E-state index contributed by atoms with van der Waals surface area (Å²) in [5, 5.41) is 30.5. The summed E-state index contributed by atoms with van der Waals surface area (Å²) in [6, 6.07) is 0. The molecule has 0 bridgehead atoms. The lowest BCUT2D eigenvalue weighted by Gasteiger charge is -2.27. The first-order valence-corrected chi connectivity index (χ1v) is 7.16. The third-order valence-corrected chi connectivity index (χ3v) is 4.22. The molecule has 4 atom stereocenters. The number of rotatable bonds is 3. The second-order valence-electron chi connectivity index (χ2n) is 5.76. The van der Waals surface area contributed by atoms with E-state index in [1.807, 2.05) is 0 Å². The van der Waals surface area contributed by atoms with Gasteiger partial charge in [-0.1, -0.05) is 5.92 Å². The number of nitrogens with two attached hydrogens (primary N) is 1. The number of terminal acetylenes is 1. The summed E-state index contributed by atoms with van der Waals surface area (Å²) in [7, 11) is 0. The van der Waals surface area contributed by atoms with Gasteiger partial charge in [0.1, 0.15) is 29.5 Å². The Morgan fingerprint density at radius 1 is 1.52 bits per heavy atom. The molecule has 0 radical (unpaired) electrons. The Bertz CT molecular complexity index is 780. The molecular formula is C15H18N4O4. The van der Waals surface area contributed by atoms with Gasteiger partial charge in [-0.2, -0.15) is 0 Å². The molecule has 2 aromatic heterocycles. The topological polar surface area (TPSA) is 127 Å². The largest absolute Gasteiger partial charge is 0.396 e. The molecule has 122 valence electrons. The molecule has 1 fully saturated rings. The van der Waals surface area contributed by atoms with Gasteiger partial charge < -0.3 is 30.4 Å². The molecule has 0 aliphatic carbocycles. The summed E-state index contributed by atoms with van der Waals surface area (Å²) in [6.07, 6.45) is 5.80. The summed E-state index contributed by atoms with van der Waals surface area (Å²) in [4.78, 5) is 8.09. The molecule has 1 saturated heterocycles. The van der Waals surface area contributed by atoms with Crippen LogP contribution >= 0.6 is 0 Å². The Balaban J connectivity index is 2.14. The number of hydrogen-bond donors (Lipinski definition) is 4. The molecule has 0 aromatic carbocycles. The van der Waals surface area contributed by atoms with E-state index in [0.29, 0.717) is 16.6 Å². The molecule has 1 aliphatic rings. The maximum Gasteiger partial charge on any atom is 0.166 e. The molecule has 2 aromatic rings. The van der Waals surface area contributed by atoms with E-state index in [2.05, 4.69) is 15.9 Å². The van der Waals surface area contributed by atoms with Crippen LogP contribution in [0.1, 0.15) is 25.1 Å². The number of aliphatic hydroxyl groups excluding tert-OH is 2. The van der Waals surface area contributed by atoms with Crippen molar-refractivity contribution in [2.24, 2.45) is 0 Å². The van der Waals surface area contributed by atoms with Crippen molar-refractivity contribution < 1.29 is 20.1 Å². The Morgan fingerprint density at radius 3 is 2.91 bits per heavy atom. The van der Waals surface area contributed by atoms with Crippen LogP contribution in [0, 0.1) is 12.3 Å². The highest BCUT2D eigenvalue weighted by Gasteiger charge is 2.53. The van der Waals surface area contributed by atoms with E-state index >= 15 is 0 Å². The van der Waals surface area contributed by atoms with E-state index in [-0.39, 0.29) is 18.8 Å². The van der Waals surface area contributed by atoms with Crippen molar-refractivity contribution in [3.05, 3.63) is 18.1 Å². The molecule has 5 N–H and O–H groups in total. The standard InChI is InChI=1S/C15H18N4O4/c1-3-8-6-19(13-10(8)12(16)17-7-18-13)14-15(2,22)11(21)9(23-14)4-5-20/h1,6-7,9,11,14,20-22H,4-5H2,2H3,(H2,16,17,18)/t9?,11?,14?,15-/m1/s1. The first-order valence-electron chi connectivity index (χ1n) is 7.16. The zero-order valence-corrected chi connectivity index (χ0v) is 12.5. The maximum absolute atomic E-state index is 10.7. The fraction of sp³-hybridized carbons (Fsp3) is 0.467. The van der Waals surface area contributed by atoms with E-state index < -0.39 is 24.0 Å². The average Bonchev–Trinajstić information content (AvgIpc) is 2.99.